The van der Waals surface area contributed by atoms with Crippen molar-refractivity contribution < 1.29 is 4.74 Å². The molecule has 0 bridgehead atoms. The summed E-state index contributed by atoms with van der Waals surface area (Å²) in [6.45, 7) is 8.23. The maximum absolute atomic E-state index is 6.08. The Balaban J connectivity index is 2.38. The second kappa shape index (κ2) is 6.61. The van der Waals surface area contributed by atoms with Gasteiger partial charge < -0.3 is 10.5 Å². The standard InChI is InChI=1S/C14H29NO/c1-4-5-13-6-8-14(11-15,9-7-13)16-10-12(2)3/h12-13H,4-11,15H2,1-3H3. The van der Waals surface area contributed by atoms with Crippen molar-refractivity contribution in [3.8, 4) is 0 Å². The van der Waals surface area contributed by atoms with Gasteiger partial charge in [-0.3, -0.25) is 0 Å². The van der Waals surface area contributed by atoms with Crippen LogP contribution in [0.3, 0.4) is 0 Å². The third-order valence-corrected chi connectivity index (χ3v) is 3.81. The van der Waals surface area contributed by atoms with E-state index in [9.17, 15) is 0 Å². The zero-order valence-corrected chi connectivity index (χ0v) is 11.3. The molecule has 0 aromatic rings. The van der Waals surface area contributed by atoms with E-state index in [1.807, 2.05) is 0 Å². The van der Waals surface area contributed by atoms with Crippen LogP contribution in [-0.4, -0.2) is 18.8 Å². The number of rotatable bonds is 6. The first-order valence-electron chi connectivity index (χ1n) is 6.96. The molecule has 0 spiro atoms. The quantitative estimate of drug-likeness (QED) is 0.755. The zero-order valence-electron chi connectivity index (χ0n) is 11.3. The summed E-state index contributed by atoms with van der Waals surface area (Å²) in [4.78, 5) is 0. The van der Waals surface area contributed by atoms with Crippen LogP contribution in [0, 0.1) is 11.8 Å². The molecule has 1 aliphatic carbocycles. The molecular formula is C14H29NO. The monoisotopic (exact) mass is 227 g/mol. The summed E-state index contributed by atoms with van der Waals surface area (Å²) in [7, 11) is 0. The van der Waals surface area contributed by atoms with Gasteiger partial charge in [0.05, 0.1) is 5.60 Å². The van der Waals surface area contributed by atoms with Crippen LogP contribution in [0.25, 0.3) is 0 Å². The van der Waals surface area contributed by atoms with Gasteiger partial charge in [0.15, 0.2) is 0 Å². The Bertz CT molecular complexity index is 183. The summed E-state index contributed by atoms with van der Waals surface area (Å²) in [5.41, 5.74) is 5.93. The van der Waals surface area contributed by atoms with E-state index in [1.54, 1.807) is 0 Å². The van der Waals surface area contributed by atoms with Crippen molar-refractivity contribution in [2.45, 2.75) is 64.9 Å². The molecule has 0 aromatic carbocycles. The summed E-state index contributed by atoms with van der Waals surface area (Å²) in [5.74, 6) is 1.53. The third-order valence-electron chi connectivity index (χ3n) is 3.81. The molecule has 0 radical (unpaired) electrons. The van der Waals surface area contributed by atoms with Crippen LogP contribution in [0.1, 0.15) is 59.3 Å². The van der Waals surface area contributed by atoms with Gasteiger partial charge in [-0.05, 0) is 37.5 Å². The Morgan fingerprint density at radius 1 is 1.31 bits per heavy atom. The first-order chi connectivity index (χ1) is 7.62. The average Bonchev–Trinajstić information content (AvgIpc) is 2.29. The van der Waals surface area contributed by atoms with Crippen molar-refractivity contribution in [1.29, 1.82) is 0 Å². The van der Waals surface area contributed by atoms with Gasteiger partial charge in [0, 0.05) is 13.2 Å². The van der Waals surface area contributed by atoms with Gasteiger partial charge >= 0.3 is 0 Å². The fourth-order valence-electron chi connectivity index (χ4n) is 2.65. The molecule has 0 saturated heterocycles. The number of hydrogen-bond acceptors (Lipinski definition) is 2. The Kier molecular flexibility index (Phi) is 5.77. The van der Waals surface area contributed by atoms with Crippen molar-refractivity contribution >= 4 is 0 Å². The highest BCUT2D eigenvalue weighted by Gasteiger charge is 2.34. The molecule has 0 aromatic heterocycles. The lowest BCUT2D eigenvalue weighted by atomic mass is 9.77. The van der Waals surface area contributed by atoms with E-state index in [0.29, 0.717) is 12.5 Å². The van der Waals surface area contributed by atoms with Gasteiger partial charge in [0.25, 0.3) is 0 Å². The van der Waals surface area contributed by atoms with Crippen LogP contribution in [0.15, 0.2) is 0 Å². The first-order valence-corrected chi connectivity index (χ1v) is 6.96. The second-order valence-electron chi connectivity index (χ2n) is 5.82. The fraction of sp³-hybridized carbons (Fsp3) is 1.00. The average molecular weight is 227 g/mol. The molecule has 2 heteroatoms. The Labute approximate surface area is 101 Å². The van der Waals surface area contributed by atoms with Crippen molar-refractivity contribution in [3.63, 3.8) is 0 Å². The van der Waals surface area contributed by atoms with Crippen LogP contribution in [0.5, 0.6) is 0 Å². The predicted molar refractivity (Wildman–Crippen MR) is 69.4 cm³/mol. The molecule has 1 saturated carbocycles. The van der Waals surface area contributed by atoms with E-state index in [2.05, 4.69) is 20.8 Å². The molecule has 2 nitrogen and oxygen atoms in total. The molecule has 0 aliphatic heterocycles. The molecule has 0 heterocycles. The SMILES string of the molecule is CCCC1CCC(CN)(OCC(C)C)CC1. The van der Waals surface area contributed by atoms with E-state index in [-0.39, 0.29) is 5.60 Å². The lowest BCUT2D eigenvalue weighted by molar-refractivity contribution is -0.0811. The van der Waals surface area contributed by atoms with Crippen LogP contribution in [0.2, 0.25) is 0 Å². The normalized spacial score (nSPS) is 30.9. The molecule has 1 aliphatic rings. The van der Waals surface area contributed by atoms with Gasteiger partial charge in [0.2, 0.25) is 0 Å². The number of hydrogen-bond donors (Lipinski definition) is 1. The second-order valence-corrected chi connectivity index (χ2v) is 5.82. The highest BCUT2D eigenvalue weighted by molar-refractivity contribution is 4.88. The van der Waals surface area contributed by atoms with Gasteiger partial charge in [-0.2, -0.15) is 0 Å². The van der Waals surface area contributed by atoms with Crippen LogP contribution >= 0.6 is 0 Å². The summed E-state index contributed by atoms with van der Waals surface area (Å²) < 4.78 is 6.08. The molecule has 16 heavy (non-hydrogen) atoms. The third kappa shape index (κ3) is 4.06. The van der Waals surface area contributed by atoms with Crippen LogP contribution in [-0.2, 0) is 4.74 Å². The van der Waals surface area contributed by atoms with Crippen molar-refractivity contribution in [2.24, 2.45) is 17.6 Å². The molecule has 2 N–H and O–H groups in total. The van der Waals surface area contributed by atoms with Gasteiger partial charge in [-0.15, -0.1) is 0 Å². The van der Waals surface area contributed by atoms with Gasteiger partial charge in [-0.25, -0.2) is 0 Å². The highest BCUT2D eigenvalue weighted by Crippen LogP contribution is 2.36. The molecule has 96 valence electrons. The summed E-state index contributed by atoms with van der Waals surface area (Å²) in [5, 5.41) is 0. The molecule has 1 fully saturated rings. The largest absolute Gasteiger partial charge is 0.373 e. The van der Waals surface area contributed by atoms with E-state index in [1.165, 1.54) is 38.5 Å². The van der Waals surface area contributed by atoms with E-state index in [4.69, 9.17) is 10.5 Å². The van der Waals surface area contributed by atoms with E-state index < -0.39 is 0 Å². The minimum Gasteiger partial charge on any atom is -0.373 e. The minimum atomic E-state index is 0.00844. The number of ether oxygens (including phenoxy) is 1. The van der Waals surface area contributed by atoms with Crippen molar-refractivity contribution in [1.82, 2.24) is 0 Å². The zero-order chi connectivity index (χ0) is 12.0. The molecule has 1 rings (SSSR count). The maximum Gasteiger partial charge on any atom is 0.0804 e. The smallest absolute Gasteiger partial charge is 0.0804 e. The summed E-state index contributed by atoms with van der Waals surface area (Å²) in [6, 6.07) is 0. The maximum atomic E-state index is 6.08. The van der Waals surface area contributed by atoms with E-state index in [0.717, 1.165) is 12.5 Å². The lowest BCUT2D eigenvalue weighted by Gasteiger charge is -2.39. The van der Waals surface area contributed by atoms with Crippen molar-refractivity contribution in [2.75, 3.05) is 13.2 Å². The van der Waals surface area contributed by atoms with Gasteiger partial charge in [0.1, 0.15) is 0 Å². The summed E-state index contributed by atoms with van der Waals surface area (Å²) in [6.07, 6.45) is 7.64. The lowest BCUT2D eigenvalue weighted by Crippen LogP contribution is -2.44. The van der Waals surface area contributed by atoms with Crippen LogP contribution < -0.4 is 5.73 Å². The molecule has 0 atom stereocenters. The molecule has 0 unspecified atom stereocenters. The van der Waals surface area contributed by atoms with Gasteiger partial charge in [-0.1, -0.05) is 33.6 Å². The fourth-order valence-corrected chi connectivity index (χ4v) is 2.65. The Hall–Kier alpha value is -0.0800. The van der Waals surface area contributed by atoms with E-state index >= 15 is 0 Å². The number of nitrogens with two attached hydrogens (primary N) is 1. The summed E-state index contributed by atoms with van der Waals surface area (Å²) >= 11 is 0. The Morgan fingerprint density at radius 3 is 2.38 bits per heavy atom. The topological polar surface area (TPSA) is 35.2 Å². The predicted octanol–water partition coefficient (Wildman–Crippen LogP) is 3.35. The highest BCUT2D eigenvalue weighted by atomic mass is 16.5. The van der Waals surface area contributed by atoms with Crippen molar-refractivity contribution in [3.05, 3.63) is 0 Å². The minimum absolute atomic E-state index is 0.00844. The van der Waals surface area contributed by atoms with Crippen LogP contribution in [0.4, 0.5) is 0 Å². The molecule has 0 amide bonds. The molecular weight excluding hydrogens is 198 g/mol. The Morgan fingerprint density at radius 2 is 1.94 bits per heavy atom. The first kappa shape index (κ1) is 14.0.